The maximum atomic E-state index is 11.4. The van der Waals surface area contributed by atoms with Crippen molar-refractivity contribution >= 4 is 6.03 Å². The average Bonchev–Trinajstić information content (AvgIpc) is 2.33. The minimum absolute atomic E-state index is 0.0809. The Hall–Kier alpha value is -0.810. The first-order valence-electron chi connectivity index (χ1n) is 5.91. The molecule has 5 nitrogen and oxygen atoms in total. The fourth-order valence-corrected chi connectivity index (χ4v) is 1.67. The third-order valence-corrected chi connectivity index (χ3v) is 2.70. The van der Waals surface area contributed by atoms with Gasteiger partial charge in [0.1, 0.15) is 0 Å². The zero-order valence-corrected chi connectivity index (χ0v) is 9.96. The molecule has 94 valence electrons. The van der Waals surface area contributed by atoms with Gasteiger partial charge in [-0.05, 0) is 25.2 Å². The molecule has 0 bridgehead atoms. The molecule has 0 aromatic carbocycles. The van der Waals surface area contributed by atoms with E-state index >= 15 is 0 Å². The fourth-order valence-electron chi connectivity index (χ4n) is 1.67. The molecule has 0 unspecified atom stereocenters. The minimum Gasteiger partial charge on any atom is -0.385 e. The van der Waals surface area contributed by atoms with Crippen LogP contribution in [0.4, 0.5) is 4.79 Å². The lowest BCUT2D eigenvalue weighted by Crippen LogP contribution is -2.39. The summed E-state index contributed by atoms with van der Waals surface area (Å²) >= 11 is 0. The molecule has 0 aliphatic carbocycles. The Kier molecular flexibility index (Phi) is 6.92. The number of ether oxygens (including phenoxy) is 2. The molecule has 0 saturated carbocycles. The second-order valence-corrected chi connectivity index (χ2v) is 4.04. The molecule has 1 heterocycles. The summed E-state index contributed by atoms with van der Waals surface area (Å²) in [6, 6.07) is -0.0809. The van der Waals surface area contributed by atoms with Gasteiger partial charge in [-0.1, -0.05) is 0 Å². The molecule has 1 aliphatic rings. The molecule has 0 atom stereocenters. The summed E-state index contributed by atoms with van der Waals surface area (Å²) in [4.78, 5) is 11.4. The Morgan fingerprint density at radius 3 is 2.81 bits per heavy atom. The van der Waals surface area contributed by atoms with Crippen molar-refractivity contribution in [2.45, 2.75) is 19.3 Å². The predicted octanol–water partition coefficient (Wildman–Crippen LogP) is 0.749. The molecule has 16 heavy (non-hydrogen) atoms. The lowest BCUT2D eigenvalue weighted by Gasteiger charge is -2.22. The molecule has 0 aromatic rings. The first kappa shape index (κ1) is 13.3. The van der Waals surface area contributed by atoms with Crippen LogP contribution in [0.3, 0.4) is 0 Å². The highest BCUT2D eigenvalue weighted by molar-refractivity contribution is 5.73. The molecule has 0 spiro atoms. The highest BCUT2D eigenvalue weighted by atomic mass is 16.5. The van der Waals surface area contributed by atoms with Crippen LogP contribution in [0.25, 0.3) is 0 Å². The number of hydrogen-bond donors (Lipinski definition) is 2. The Labute approximate surface area is 96.9 Å². The predicted molar refractivity (Wildman–Crippen MR) is 61.4 cm³/mol. The van der Waals surface area contributed by atoms with Crippen molar-refractivity contribution in [3.63, 3.8) is 0 Å². The van der Waals surface area contributed by atoms with Gasteiger partial charge in [-0.3, -0.25) is 0 Å². The molecule has 5 heteroatoms. The second-order valence-electron chi connectivity index (χ2n) is 4.04. The lowest BCUT2D eigenvalue weighted by molar-refractivity contribution is 0.0669. The summed E-state index contributed by atoms with van der Waals surface area (Å²) in [7, 11) is 1.66. The van der Waals surface area contributed by atoms with Crippen molar-refractivity contribution < 1.29 is 14.3 Å². The standard InChI is InChI=1S/C11H22N2O3/c1-15-6-2-5-12-11(14)13-9-10-3-7-16-8-4-10/h10H,2-9H2,1H3,(H2,12,13,14). The summed E-state index contributed by atoms with van der Waals surface area (Å²) in [5.41, 5.74) is 0. The van der Waals surface area contributed by atoms with E-state index in [2.05, 4.69) is 10.6 Å². The molecule has 1 saturated heterocycles. The number of hydrogen-bond acceptors (Lipinski definition) is 3. The third kappa shape index (κ3) is 5.92. The average molecular weight is 230 g/mol. The van der Waals surface area contributed by atoms with E-state index in [1.807, 2.05) is 0 Å². The molecule has 2 N–H and O–H groups in total. The molecule has 0 radical (unpaired) electrons. The Morgan fingerprint density at radius 2 is 2.12 bits per heavy atom. The fraction of sp³-hybridized carbons (Fsp3) is 0.909. The highest BCUT2D eigenvalue weighted by Gasteiger charge is 2.14. The van der Waals surface area contributed by atoms with E-state index in [9.17, 15) is 4.79 Å². The summed E-state index contributed by atoms with van der Waals surface area (Å²) < 4.78 is 10.1. The lowest BCUT2D eigenvalue weighted by atomic mass is 10.0. The number of carbonyl (C=O) groups is 1. The van der Waals surface area contributed by atoms with Gasteiger partial charge in [0, 0.05) is 40.0 Å². The van der Waals surface area contributed by atoms with Crippen molar-refractivity contribution in [1.29, 1.82) is 0 Å². The van der Waals surface area contributed by atoms with Crippen LogP contribution >= 0.6 is 0 Å². The third-order valence-electron chi connectivity index (χ3n) is 2.70. The monoisotopic (exact) mass is 230 g/mol. The van der Waals surface area contributed by atoms with Gasteiger partial charge in [-0.25, -0.2) is 4.79 Å². The zero-order chi connectivity index (χ0) is 11.6. The second kappa shape index (κ2) is 8.35. The van der Waals surface area contributed by atoms with Crippen molar-refractivity contribution in [2.75, 3.05) is 40.0 Å². The van der Waals surface area contributed by atoms with E-state index in [0.717, 1.165) is 39.0 Å². The molecule has 0 aromatic heterocycles. The topological polar surface area (TPSA) is 59.6 Å². The largest absolute Gasteiger partial charge is 0.385 e. The molecular weight excluding hydrogens is 208 g/mol. The van der Waals surface area contributed by atoms with Crippen molar-refractivity contribution in [3.05, 3.63) is 0 Å². The summed E-state index contributed by atoms with van der Waals surface area (Å²) in [6.45, 7) is 3.73. The van der Waals surface area contributed by atoms with E-state index in [1.54, 1.807) is 7.11 Å². The van der Waals surface area contributed by atoms with Crippen molar-refractivity contribution in [3.8, 4) is 0 Å². The quantitative estimate of drug-likeness (QED) is 0.662. The van der Waals surface area contributed by atoms with E-state index in [0.29, 0.717) is 19.1 Å². The van der Waals surface area contributed by atoms with E-state index in [1.165, 1.54) is 0 Å². The van der Waals surface area contributed by atoms with Crippen LogP contribution in [-0.2, 0) is 9.47 Å². The van der Waals surface area contributed by atoms with Crippen LogP contribution < -0.4 is 10.6 Å². The smallest absolute Gasteiger partial charge is 0.314 e. The van der Waals surface area contributed by atoms with Crippen LogP contribution in [0.2, 0.25) is 0 Å². The van der Waals surface area contributed by atoms with Crippen LogP contribution in [0.1, 0.15) is 19.3 Å². The number of methoxy groups -OCH3 is 1. The van der Waals surface area contributed by atoms with Gasteiger partial charge in [0.05, 0.1) is 0 Å². The highest BCUT2D eigenvalue weighted by Crippen LogP contribution is 2.12. The van der Waals surface area contributed by atoms with Gasteiger partial charge >= 0.3 is 6.03 Å². The van der Waals surface area contributed by atoms with Gasteiger partial charge in [0.2, 0.25) is 0 Å². The normalized spacial score (nSPS) is 17.1. The number of carbonyl (C=O) groups excluding carboxylic acids is 1. The number of nitrogens with one attached hydrogen (secondary N) is 2. The Balaban J connectivity index is 1.96. The first-order valence-corrected chi connectivity index (χ1v) is 5.91. The molecule has 1 fully saturated rings. The van der Waals surface area contributed by atoms with Gasteiger partial charge in [0.25, 0.3) is 0 Å². The van der Waals surface area contributed by atoms with Gasteiger partial charge in [-0.15, -0.1) is 0 Å². The zero-order valence-electron chi connectivity index (χ0n) is 9.96. The summed E-state index contributed by atoms with van der Waals surface area (Å²) in [5.74, 6) is 0.568. The van der Waals surface area contributed by atoms with E-state index < -0.39 is 0 Å². The maximum Gasteiger partial charge on any atom is 0.314 e. The SMILES string of the molecule is COCCCNC(=O)NCC1CCOCC1. The molecule has 2 amide bonds. The molecule has 1 aliphatic heterocycles. The van der Waals surface area contributed by atoms with Gasteiger partial charge in [0.15, 0.2) is 0 Å². The molecular formula is C11H22N2O3. The van der Waals surface area contributed by atoms with Crippen molar-refractivity contribution in [2.24, 2.45) is 5.92 Å². The van der Waals surface area contributed by atoms with Gasteiger partial charge in [-0.2, -0.15) is 0 Å². The van der Waals surface area contributed by atoms with Crippen LogP contribution in [0, 0.1) is 5.92 Å². The Bertz CT molecular complexity index is 194. The van der Waals surface area contributed by atoms with E-state index in [4.69, 9.17) is 9.47 Å². The van der Waals surface area contributed by atoms with Crippen molar-refractivity contribution in [1.82, 2.24) is 10.6 Å². The van der Waals surface area contributed by atoms with Crippen LogP contribution in [-0.4, -0.2) is 46.1 Å². The summed E-state index contributed by atoms with van der Waals surface area (Å²) in [5, 5.41) is 5.68. The number of rotatable bonds is 6. The number of amides is 2. The minimum atomic E-state index is -0.0809. The maximum absolute atomic E-state index is 11.4. The first-order chi connectivity index (χ1) is 7.83. The van der Waals surface area contributed by atoms with Crippen LogP contribution in [0.15, 0.2) is 0 Å². The Morgan fingerprint density at radius 1 is 1.38 bits per heavy atom. The van der Waals surface area contributed by atoms with Gasteiger partial charge < -0.3 is 20.1 Å². The van der Waals surface area contributed by atoms with E-state index in [-0.39, 0.29) is 6.03 Å². The molecule has 1 rings (SSSR count). The van der Waals surface area contributed by atoms with Crippen LogP contribution in [0.5, 0.6) is 0 Å². The summed E-state index contributed by atoms with van der Waals surface area (Å²) in [6.07, 6.45) is 2.94. The number of urea groups is 1.